The van der Waals surface area contributed by atoms with E-state index in [2.05, 4.69) is 10.6 Å². The molecule has 2 aromatic rings. The predicted molar refractivity (Wildman–Crippen MR) is 121 cm³/mol. The van der Waals surface area contributed by atoms with E-state index in [1.165, 1.54) is 12.1 Å². The van der Waals surface area contributed by atoms with Gasteiger partial charge in [-0.2, -0.15) is 13.2 Å². The Bertz CT molecular complexity index is 1110. The van der Waals surface area contributed by atoms with Gasteiger partial charge in [-0.1, -0.05) is 54.6 Å². The molecule has 4 rings (SSSR count). The number of fused-ring (bicyclic) bond motifs is 1. The van der Waals surface area contributed by atoms with Gasteiger partial charge in [-0.25, -0.2) is 0 Å². The molecule has 0 saturated heterocycles. The summed E-state index contributed by atoms with van der Waals surface area (Å²) in [5.41, 5.74) is 4.00. The number of dihydropyridines is 1. The van der Waals surface area contributed by atoms with Crippen molar-refractivity contribution in [3.8, 4) is 5.75 Å². The SMILES string of the molecule is COc1ccc(CNCC2=C(c3ccccc3C(F)(F)F)NC3C(C)=CC=CC3=C2)cc1. The van der Waals surface area contributed by atoms with E-state index in [9.17, 15) is 13.2 Å². The molecule has 0 fully saturated rings. The first-order valence-corrected chi connectivity index (χ1v) is 10.4. The molecule has 2 aromatic carbocycles. The van der Waals surface area contributed by atoms with E-state index in [-0.39, 0.29) is 11.6 Å². The molecule has 1 aliphatic carbocycles. The molecule has 166 valence electrons. The maximum Gasteiger partial charge on any atom is 0.417 e. The van der Waals surface area contributed by atoms with Gasteiger partial charge in [0.05, 0.1) is 18.7 Å². The summed E-state index contributed by atoms with van der Waals surface area (Å²) in [5.74, 6) is 0.780. The number of nitrogens with one attached hydrogen (secondary N) is 2. The van der Waals surface area contributed by atoms with Crippen LogP contribution in [0, 0.1) is 0 Å². The highest BCUT2D eigenvalue weighted by Crippen LogP contribution is 2.37. The topological polar surface area (TPSA) is 33.3 Å². The van der Waals surface area contributed by atoms with Crippen LogP contribution in [-0.2, 0) is 12.7 Å². The summed E-state index contributed by atoms with van der Waals surface area (Å²) >= 11 is 0. The lowest BCUT2D eigenvalue weighted by molar-refractivity contribution is -0.137. The van der Waals surface area contributed by atoms with Gasteiger partial charge in [-0.05, 0) is 47.4 Å². The zero-order chi connectivity index (χ0) is 22.7. The molecule has 32 heavy (non-hydrogen) atoms. The highest BCUT2D eigenvalue weighted by atomic mass is 19.4. The molecule has 1 heterocycles. The molecule has 0 spiro atoms. The number of methoxy groups -OCH3 is 1. The normalized spacial score (nSPS) is 18.0. The van der Waals surface area contributed by atoms with E-state index in [4.69, 9.17) is 4.74 Å². The fraction of sp³-hybridized carbons (Fsp3) is 0.231. The minimum absolute atomic E-state index is 0.137. The van der Waals surface area contributed by atoms with Crippen LogP contribution in [0.15, 0.2) is 89.6 Å². The Balaban J connectivity index is 1.66. The Morgan fingerprint density at radius 2 is 1.78 bits per heavy atom. The molecule has 0 saturated carbocycles. The molecule has 1 aliphatic heterocycles. The number of rotatable bonds is 6. The Labute approximate surface area is 186 Å². The largest absolute Gasteiger partial charge is 0.497 e. The lowest BCUT2D eigenvalue weighted by Gasteiger charge is -2.32. The van der Waals surface area contributed by atoms with Crippen LogP contribution < -0.4 is 15.4 Å². The Morgan fingerprint density at radius 1 is 1.03 bits per heavy atom. The molecule has 2 aliphatic rings. The van der Waals surface area contributed by atoms with Crippen molar-refractivity contribution in [1.29, 1.82) is 0 Å². The lowest BCUT2D eigenvalue weighted by Crippen LogP contribution is -2.36. The predicted octanol–water partition coefficient (Wildman–Crippen LogP) is 5.63. The zero-order valence-corrected chi connectivity index (χ0v) is 18.0. The molecule has 0 aromatic heterocycles. The zero-order valence-electron chi connectivity index (χ0n) is 18.0. The summed E-state index contributed by atoms with van der Waals surface area (Å²) in [6, 6.07) is 13.3. The number of halogens is 3. The summed E-state index contributed by atoms with van der Waals surface area (Å²) in [6.45, 7) is 2.99. The van der Waals surface area contributed by atoms with Crippen LogP contribution in [-0.4, -0.2) is 19.7 Å². The fourth-order valence-corrected chi connectivity index (χ4v) is 4.03. The van der Waals surface area contributed by atoms with Crippen molar-refractivity contribution in [3.63, 3.8) is 0 Å². The highest BCUT2D eigenvalue weighted by molar-refractivity contribution is 5.76. The molecule has 0 bridgehead atoms. The number of alkyl halides is 3. The quantitative estimate of drug-likeness (QED) is 0.613. The highest BCUT2D eigenvalue weighted by Gasteiger charge is 2.35. The Kier molecular flexibility index (Phi) is 6.24. The molecule has 2 N–H and O–H groups in total. The van der Waals surface area contributed by atoms with E-state index in [1.54, 1.807) is 13.2 Å². The molecule has 6 heteroatoms. The lowest BCUT2D eigenvalue weighted by atomic mass is 9.87. The number of hydrogen-bond acceptors (Lipinski definition) is 3. The van der Waals surface area contributed by atoms with Gasteiger partial charge in [-0.3, -0.25) is 0 Å². The summed E-state index contributed by atoms with van der Waals surface area (Å²) in [7, 11) is 1.62. The Morgan fingerprint density at radius 3 is 2.50 bits per heavy atom. The van der Waals surface area contributed by atoms with Crippen LogP contribution in [0.1, 0.15) is 23.6 Å². The van der Waals surface area contributed by atoms with E-state index in [0.29, 0.717) is 18.8 Å². The third kappa shape index (κ3) is 4.65. The van der Waals surface area contributed by atoms with Crippen LogP contribution in [0.2, 0.25) is 0 Å². The molecular weight excluding hydrogens is 413 g/mol. The van der Waals surface area contributed by atoms with Gasteiger partial charge < -0.3 is 15.4 Å². The number of benzene rings is 2. The molecule has 1 unspecified atom stereocenters. The van der Waals surface area contributed by atoms with Gasteiger partial charge >= 0.3 is 6.18 Å². The number of hydrogen-bond donors (Lipinski definition) is 2. The first-order valence-electron chi connectivity index (χ1n) is 10.4. The second kappa shape index (κ2) is 9.09. The number of ether oxygens (including phenoxy) is 1. The summed E-state index contributed by atoms with van der Waals surface area (Å²) in [6.07, 6.45) is 3.51. The van der Waals surface area contributed by atoms with Crippen LogP contribution in [0.5, 0.6) is 5.75 Å². The van der Waals surface area contributed by atoms with E-state index < -0.39 is 11.7 Å². The van der Waals surface area contributed by atoms with Crippen LogP contribution in [0.3, 0.4) is 0 Å². The Hall–Kier alpha value is -3.25. The van der Waals surface area contributed by atoms with Gasteiger partial charge in [0, 0.05) is 24.4 Å². The van der Waals surface area contributed by atoms with Crippen molar-refractivity contribution in [1.82, 2.24) is 10.6 Å². The molecule has 1 atom stereocenters. The first kappa shape index (κ1) is 22.0. The fourth-order valence-electron chi connectivity index (χ4n) is 4.03. The minimum Gasteiger partial charge on any atom is -0.497 e. The van der Waals surface area contributed by atoms with Gasteiger partial charge in [0.15, 0.2) is 0 Å². The molecule has 3 nitrogen and oxygen atoms in total. The summed E-state index contributed by atoms with van der Waals surface area (Å²) in [4.78, 5) is 0. The smallest absolute Gasteiger partial charge is 0.417 e. The summed E-state index contributed by atoms with van der Waals surface area (Å²) < 4.78 is 46.5. The van der Waals surface area contributed by atoms with Crippen molar-refractivity contribution in [2.45, 2.75) is 25.7 Å². The average Bonchev–Trinajstić information content (AvgIpc) is 2.79. The second-order valence-corrected chi connectivity index (χ2v) is 7.89. The van der Waals surface area contributed by atoms with Gasteiger partial charge in [0.25, 0.3) is 0 Å². The average molecular weight is 438 g/mol. The third-order valence-corrected chi connectivity index (χ3v) is 5.69. The van der Waals surface area contributed by atoms with E-state index >= 15 is 0 Å². The van der Waals surface area contributed by atoms with Gasteiger partial charge in [0.1, 0.15) is 5.75 Å². The van der Waals surface area contributed by atoms with Gasteiger partial charge in [0.2, 0.25) is 0 Å². The second-order valence-electron chi connectivity index (χ2n) is 7.89. The molecular formula is C26H25F3N2O. The summed E-state index contributed by atoms with van der Waals surface area (Å²) in [5, 5.41) is 6.75. The van der Waals surface area contributed by atoms with E-state index in [1.807, 2.05) is 55.5 Å². The third-order valence-electron chi connectivity index (χ3n) is 5.69. The van der Waals surface area contributed by atoms with Crippen molar-refractivity contribution >= 4 is 5.70 Å². The van der Waals surface area contributed by atoms with Crippen molar-refractivity contribution in [2.24, 2.45) is 0 Å². The van der Waals surface area contributed by atoms with Crippen LogP contribution in [0.25, 0.3) is 5.70 Å². The maximum atomic E-state index is 13.8. The van der Waals surface area contributed by atoms with Gasteiger partial charge in [-0.15, -0.1) is 0 Å². The minimum atomic E-state index is -4.44. The number of allylic oxidation sites excluding steroid dienone is 2. The standard InChI is InChI=1S/C26H25F3N2O/c1-17-6-5-7-19-14-20(16-30-15-18-10-12-21(32-2)13-11-18)25(31-24(17)19)22-8-3-4-9-23(22)26(27,28)29/h3-14,24,30-31H,15-16H2,1-2H3. The van der Waals surface area contributed by atoms with Crippen molar-refractivity contribution in [3.05, 3.63) is 106 Å². The van der Waals surface area contributed by atoms with Crippen molar-refractivity contribution < 1.29 is 17.9 Å². The first-order chi connectivity index (χ1) is 15.4. The molecule has 0 amide bonds. The van der Waals surface area contributed by atoms with E-state index in [0.717, 1.165) is 34.1 Å². The van der Waals surface area contributed by atoms with Crippen LogP contribution in [0.4, 0.5) is 13.2 Å². The monoisotopic (exact) mass is 438 g/mol. The molecule has 0 radical (unpaired) electrons. The maximum absolute atomic E-state index is 13.8. The van der Waals surface area contributed by atoms with Crippen LogP contribution >= 0.6 is 0 Å². The van der Waals surface area contributed by atoms with Crippen molar-refractivity contribution in [2.75, 3.05) is 13.7 Å².